The van der Waals surface area contributed by atoms with Gasteiger partial charge in [-0.05, 0) is 25.7 Å². The van der Waals surface area contributed by atoms with Crippen molar-refractivity contribution >= 4 is 11.9 Å². The SMILES string of the molecule is C=CCCCCCCC(CC(=O)[O-])C(=O)[O-].[Na+].[Na+]. The predicted molar refractivity (Wildman–Crippen MR) is 56.0 cm³/mol. The van der Waals surface area contributed by atoms with Crippen LogP contribution in [0.1, 0.15) is 44.9 Å². The molecule has 1 atom stereocenters. The normalized spacial score (nSPS) is 10.7. The molecule has 0 aliphatic carbocycles. The number of carbonyl (C=O) groups is 2. The van der Waals surface area contributed by atoms with Gasteiger partial charge in [0.05, 0.1) is 0 Å². The summed E-state index contributed by atoms with van der Waals surface area (Å²) in [6.07, 6.45) is 6.38. The van der Waals surface area contributed by atoms with E-state index in [1.165, 1.54) is 0 Å². The monoisotopic (exact) mass is 272 g/mol. The molecular formula is C12H18Na2O4. The molecule has 0 amide bonds. The van der Waals surface area contributed by atoms with Crippen LogP contribution in [0, 0.1) is 5.92 Å². The standard InChI is InChI=1S/C12H20O4.2Na/c1-2-3-4-5-6-7-8-10(12(15)16)9-11(13)14;;/h2,10H,1,3-9H2,(H,13,14)(H,15,16);;/q;2*+1/p-2. The number of allylic oxidation sites excluding steroid dienone is 1. The zero-order valence-electron chi connectivity index (χ0n) is 11.4. The Morgan fingerprint density at radius 3 is 2.06 bits per heavy atom. The van der Waals surface area contributed by atoms with E-state index in [9.17, 15) is 19.8 Å². The van der Waals surface area contributed by atoms with Gasteiger partial charge in [0.15, 0.2) is 0 Å². The molecule has 0 aromatic heterocycles. The minimum atomic E-state index is -1.33. The smallest absolute Gasteiger partial charge is 0.550 e. The van der Waals surface area contributed by atoms with Crippen molar-refractivity contribution in [3.05, 3.63) is 12.7 Å². The molecule has 0 heterocycles. The van der Waals surface area contributed by atoms with Gasteiger partial charge in [-0.1, -0.05) is 25.3 Å². The Hall–Kier alpha value is 0.680. The van der Waals surface area contributed by atoms with E-state index in [4.69, 9.17) is 0 Å². The van der Waals surface area contributed by atoms with Crippen molar-refractivity contribution < 1.29 is 78.9 Å². The summed E-state index contributed by atoms with van der Waals surface area (Å²) in [5, 5.41) is 20.9. The fourth-order valence-electron chi connectivity index (χ4n) is 1.54. The summed E-state index contributed by atoms with van der Waals surface area (Å²) in [5.74, 6) is -3.54. The van der Waals surface area contributed by atoms with Crippen molar-refractivity contribution in [1.82, 2.24) is 0 Å². The number of aliphatic carboxylic acids is 2. The summed E-state index contributed by atoms with van der Waals surface area (Å²) >= 11 is 0. The summed E-state index contributed by atoms with van der Waals surface area (Å²) in [7, 11) is 0. The van der Waals surface area contributed by atoms with Crippen LogP contribution in [0.5, 0.6) is 0 Å². The second-order valence-corrected chi connectivity index (χ2v) is 3.87. The van der Waals surface area contributed by atoms with Crippen molar-refractivity contribution in [2.24, 2.45) is 5.92 Å². The van der Waals surface area contributed by atoms with Gasteiger partial charge in [-0.15, -0.1) is 6.58 Å². The first-order valence-corrected chi connectivity index (χ1v) is 5.59. The molecule has 0 rings (SSSR count). The predicted octanol–water partition coefficient (Wildman–Crippen LogP) is -5.97. The molecule has 92 valence electrons. The Balaban J connectivity index is -0.00000112. The molecule has 0 spiro atoms. The maximum absolute atomic E-state index is 10.6. The molecular weight excluding hydrogens is 254 g/mol. The van der Waals surface area contributed by atoms with Crippen LogP contribution >= 0.6 is 0 Å². The van der Waals surface area contributed by atoms with E-state index in [1.54, 1.807) is 0 Å². The number of carboxylic acid groups (broad SMARTS) is 2. The maximum atomic E-state index is 10.6. The Morgan fingerprint density at radius 2 is 1.61 bits per heavy atom. The Kier molecular flexibility index (Phi) is 20.8. The summed E-state index contributed by atoms with van der Waals surface area (Å²) < 4.78 is 0. The van der Waals surface area contributed by atoms with Gasteiger partial charge >= 0.3 is 59.1 Å². The van der Waals surface area contributed by atoms with E-state index < -0.39 is 24.3 Å². The van der Waals surface area contributed by atoms with Gasteiger partial charge in [0.25, 0.3) is 0 Å². The van der Waals surface area contributed by atoms with E-state index in [0.717, 1.165) is 25.7 Å². The van der Waals surface area contributed by atoms with Crippen LogP contribution in [-0.2, 0) is 9.59 Å². The summed E-state index contributed by atoms with van der Waals surface area (Å²) in [4.78, 5) is 20.9. The Labute approximate surface area is 153 Å². The molecule has 0 radical (unpaired) electrons. The van der Waals surface area contributed by atoms with E-state index in [2.05, 4.69) is 6.58 Å². The molecule has 0 aromatic carbocycles. The molecule has 0 saturated heterocycles. The Bertz CT molecular complexity index is 244. The second-order valence-electron chi connectivity index (χ2n) is 3.87. The van der Waals surface area contributed by atoms with E-state index in [1.807, 2.05) is 6.08 Å². The molecule has 18 heavy (non-hydrogen) atoms. The van der Waals surface area contributed by atoms with Crippen molar-refractivity contribution in [3.63, 3.8) is 0 Å². The third kappa shape index (κ3) is 14.7. The van der Waals surface area contributed by atoms with Gasteiger partial charge in [-0.2, -0.15) is 0 Å². The van der Waals surface area contributed by atoms with Gasteiger partial charge < -0.3 is 19.8 Å². The summed E-state index contributed by atoms with van der Waals surface area (Å²) in [5.41, 5.74) is 0. The van der Waals surface area contributed by atoms with Gasteiger partial charge in [0, 0.05) is 17.9 Å². The third-order valence-electron chi connectivity index (χ3n) is 2.46. The third-order valence-corrected chi connectivity index (χ3v) is 2.46. The van der Waals surface area contributed by atoms with Crippen LogP contribution in [0.4, 0.5) is 0 Å². The van der Waals surface area contributed by atoms with Crippen molar-refractivity contribution in [3.8, 4) is 0 Å². The van der Waals surface area contributed by atoms with Crippen molar-refractivity contribution in [1.29, 1.82) is 0 Å². The number of rotatable bonds is 10. The average Bonchev–Trinajstić information content (AvgIpc) is 2.20. The zero-order chi connectivity index (χ0) is 12.4. The van der Waals surface area contributed by atoms with Crippen LogP contribution in [0.2, 0.25) is 0 Å². The van der Waals surface area contributed by atoms with Crippen molar-refractivity contribution in [2.45, 2.75) is 44.9 Å². The number of carboxylic acids is 2. The van der Waals surface area contributed by atoms with Crippen LogP contribution in [-0.4, -0.2) is 11.9 Å². The van der Waals surface area contributed by atoms with Gasteiger partial charge in [0.1, 0.15) is 0 Å². The second kappa shape index (κ2) is 15.7. The van der Waals surface area contributed by atoms with Crippen LogP contribution in [0.3, 0.4) is 0 Å². The topological polar surface area (TPSA) is 80.3 Å². The number of unbranched alkanes of at least 4 members (excludes halogenated alkanes) is 4. The fourth-order valence-corrected chi connectivity index (χ4v) is 1.54. The summed E-state index contributed by atoms with van der Waals surface area (Å²) in [6, 6.07) is 0. The number of hydrogen-bond acceptors (Lipinski definition) is 4. The van der Waals surface area contributed by atoms with Crippen LogP contribution in [0.25, 0.3) is 0 Å². The zero-order valence-corrected chi connectivity index (χ0v) is 15.4. The quantitative estimate of drug-likeness (QED) is 0.225. The molecule has 1 unspecified atom stereocenters. The maximum Gasteiger partial charge on any atom is 1.00 e. The molecule has 0 N–H and O–H groups in total. The van der Waals surface area contributed by atoms with Crippen molar-refractivity contribution in [2.75, 3.05) is 0 Å². The summed E-state index contributed by atoms with van der Waals surface area (Å²) in [6.45, 7) is 3.60. The molecule has 0 aliphatic rings. The molecule has 0 fully saturated rings. The Morgan fingerprint density at radius 1 is 1.06 bits per heavy atom. The first-order chi connectivity index (χ1) is 7.57. The molecule has 0 saturated carbocycles. The minimum absolute atomic E-state index is 0. The average molecular weight is 272 g/mol. The van der Waals surface area contributed by atoms with E-state index in [-0.39, 0.29) is 59.1 Å². The van der Waals surface area contributed by atoms with Crippen LogP contribution < -0.4 is 69.3 Å². The van der Waals surface area contributed by atoms with Gasteiger partial charge in [-0.25, -0.2) is 0 Å². The van der Waals surface area contributed by atoms with E-state index in [0.29, 0.717) is 12.8 Å². The van der Waals surface area contributed by atoms with Gasteiger partial charge in [-0.3, -0.25) is 0 Å². The minimum Gasteiger partial charge on any atom is -0.550 e. The fraction of sp³-hybridized carbons (Fsp3) is 0.667. The molecule has 6 heteroatoms. The first-order valence-electron chi connectivity index (χ1n) is 5.59. The van der Waals surface area contributed by atoms with E-state index >= 15 is 0 Å². The first kappa shape index (κ1) is 23.7. The largest absolute Gasteiger partial charge is 1.00 e. The molecule has 4 nitrogen and oxygen atoms in total. The number of hydrogen-bond donors (Lipinski definition) is 0. The van der Waals surface area contributed by atoms with Crippen LogP contribution in [0.15, 0.2) is 12.7 Å². The molecule has 0 aliphatic heterocycles. The molecule has 0 aromatic rings. The number of carbonyl (C=O) groups excluding carboxylic acids is 2. The van der Waals surface area contributed by atoms with Gasteiger partial charge in [0.2, 0.25) is 0 Å². The molecule has 0 bridgehead atoms.